The van der Waals surface area contributed by atoms with Gasteiger partial charge in [-0.1, -0.05) is 29.3 Å². The molecule has 1 heterocycles. The van der Waals surface area contributed by atoms with Crippen molar-refractivity contribution in [1.29, 1.82) is 0 Å². The van der Waals surface area contributed by atoms with Gasteiger partial charge in [0.05, 0.1) is 28.4 Å². The molecule has 1 saturated heterocycles. The van der Waals surface area contributed by atoms with E-state index in [4.69, 9.17) is 27.9 Å². The third-order valence-corrected chi connectivity index (χ3v) is 5.97. The molecule has 1 unspecified atom stereocenters. The molecular weight excluding hydrogens is 337 g/mol. The molecule has 1 aromatic rings. The third-order valence-electron chi connectivity index (χ3n) is 3.19. The minimum Gasteiger partial charge on any atom is -0.394 e. The molecule has 0 radical (unpaired) electrons. The van der Waals surface area contributed by atoms with Crippen LogP contribution in [0, 0.1) is 0 Å². The van der Waals surface area contributed by atoms with Gasteiger partial charge in [-0.15, -0.1) is 0 Å². The molecule has 2 rings (SSSR count). The van der Waals surface area contributed by atoms with Crippen LogP contribution in [0.25, 0.3) is 0 Å². The summed E-state index contributed by atoms with van der Waals surface area (Å²) in [4.78, 5) is -0.0361. The Morgan fingerprint density at radius 3 is 2.71 bits per heavy atom. The standard InChI is InChI=1S/C13H17Cl2NO4S/c1-13(2)8-16(6-9(7-17)20-13)21(18,19)11-5-3-4-10(14)12(11)15/h3-5,9,17H,6-8H2,1-2H3. The Bertz CT molecular complexity index is 633. The van der Waals surface area contributed by atoms with Crippen LogP contribution in [0.5, 0.6) is 0 Å². The number of nitrogens with zero attached hydrogens (tertiary/aromatic N) is 1. The minimum atomic E-state index is -3.80. The Morgan fingerprint density at radius 1 is 1.43 bits per heavy atom. The molecule has 1 aromatic carbocycles. The summed E-state index contributed by atoms with van der Waals surface area (Å²) in [6.45, 7) is 3.55. The van der Waals surface area contributed by atoms with Crippen LogP contribution in [0.2, 0.25) is 10.0 Å². The number of halogens is 2. The second-order valence-electron chi connectivity index (χ2n) is 5.53. The van der Waals surface area contributed by atoms with Crippen LogP contribution in [0.1, 0.15) is 13.8 Å². The van der Waals surface area contributed by atoms with E-state index >= 15 is 0 Å². The van der Waals surface area contributed by atoms with Gasteiger partial charge in [-0.2, -0.15) is 4.31 Å². The van der Waals surface area contributed by atoms with Gasteiger partial charge in [-0.25, -0.2) is 8.42 Å². The number of rotatable bonds is 3. The van der Waals surface area contributed by atoms with Crippen molar-refractivity contribution in [2.24, 2.45) is 0 Å². The van der Waals surface area contributed by atoms with Crippen LogP contribution in [0.3, 0.4) is 0 Å². The zero-order chi connectivity index (χ0) is 15.8. The molecule has 1 fully saturated rings. The van der Waals surface area contributed by atoms with Gasteiger partial charge in [0.15, 0.2) is 0 Å². The highest BCUT2D eigenvalue weighted by molar-refractivity contribution is 7.89. The third kappa shape index (κ3) is 3.52. The molecule has 0 aromatic heterocycles. The van der Waals surface area contributed by atoms with E-state index in [1.54, 1.807) is 13.8 Å². The molecule has 118 valence electrons. The fourth-order valence-corrected chi connectivity index (χ4v) is 4.70. The molecule has 1 aliphatic heterocycles. The monoisotopic (exact) mass is 353 g/mol. The number of sulfonamides is 1. The summed E-state index contributed by atoms with van der Waals surface area (Å²) in [6, 6.07) is 4.48. The van der Waals surface area contributed by atoms with Gasteiger partial charge in [-0.05, 0) is 26.0 Å². The summed E-state index contributed by atoms with van der Waals surface area (Å²) in [7, 11) is -3.80. The van der Waals surface area contributed by atoms with E-state index in [9.17, 15) is 13.5 Å². The highest BCUT2D eigenvalue weighted by Crippen LogP contribution is 2.33. The van der Waals surface area contributed by atoms with Crippen molar-refractivity contribution in [1.82, 2.24) is 4.31 Å². The van der Waals surface area contributed by atoms with Crippen molar-refractivity contribution >= 4 is 33.2 Å². The lowest BCUT2D eigenvalue weighted by Crippen LogP contribution is -2.55. The first-order chi connectivity index (χ1) is 9.67. The largest absolute Gasteiger partial charge is 0.394 e. The number of benzene rings is 1. The van der Waals surface area contributed by atoms with Crippen LogP contribution in [-0.2, 0) is 14.8 Å². The number of aliphatic hydroxyl groups excluding tert-OH is 1. The van der Waals surface area contributed by atoms with E-state index in [-0.39, 0.29) is 34.6 Å². The molecule has 1 aliphatic rings. The quantitative estimate of drug-likeness (QED) is 0.903. The molecule has 1 N–H and O–H groups in total. The maximum absolute atomic E-state index is 12.8. The van der Waals surface area contributed by atoms with E-state index in [1.807, 2.05) is 0 Å². The van der Waals surface area contributed by atoms with Gasteiger partial charge in [0.1, 0.15) is 4.90 Å². The van der Waals surface area contributed by atoms with Crippen molar-refractivity contribution in [3.8, 4) is 0 Å². The number of aliphatic hydroxyl groups is 1. The Kier molecular flexibility index (Phi) is 4.87. The average Bonchev–Trinajstić information content (AvgIpc) is 2.39. The zero-order valence-corrected chi connectivity index (χ0v) is 14.0. The van der Waals surface area contributed by atoms with Crippen molar-refractivity contribution in [3.05, 3.63) is 28.2 Å². The zero-order valence-electron chi connectivity index (χ0n) is 11.7. The molecule has 0 bridgehead atoms. The van der Waals surface area contributed by atoms with Gasteiger partial charge in [0, 0.05) is 13.1 Å². The topological polar surface area (TPSA) is 66.8 Å². The molecule has 1 atom stereocenters. The number of ether oxygens (including phenoxy) is 1. The maximum atomic E-state index is 12.8. The summed E-state index contributed by atoms with van der Waals surface area (Å²) < 4.78 is 32.4. The Hall–Kier alpha value is -0.370. The lowest BCUT2D eigenvalue weighted by molar-refractivity contribution is -0.131. The summed E-state index contributed by atoms with van der Waals surface area (Å²) in [5.41, 5.74) is -0.691. The van der Waals surface area contributed by atoms with Crippen molar-refractivity contribution in [2.75, 3.05) is 19.7 Å². The van der Waals surface area contributed by atoms with E-state index in [0.717, 1.165) is 0 Å². The van der Waals surface area contributed by atoms with E-state index in [2.05, 4.69) is 0 Å². The maximum Gasteiger partial charge on any atom is 0.244 e. The second kappa shape index (κ2) is 6.02. The van der Waals surface area contributed by atoms with Gasteiger partial charge < -0.3 is 9.84 Å². The van der Waals surface area contributed by atoms with Crippen molar-refractivity contribution in [2.45, 2.75) is 30.4 Å². The molecule has 0 amide bonds. The van der Waals surface area contributed by atoms with Crippen LogP contribution in [0.4, 0.5) is 0 Å². The SMILES string of the molecule is CC1(C)CN(S(=O)(=O)c2cccc(Cl)c2Cl)CC(CO)O1. The molecule has 0 spiro atoms. The predicted molar refractivity (Wildman–Crippen MR) is 81.3 cm³/mol. The predicted octanol–water partition coefficient (Wildman–Crippen LogP) is 2.15. The smallest absolute Gasteiger partial charge is 0.244 e. The Labute approximate surface area is 134 Å². The van der Waals surface area contributed by atoms with E-state index in [0.29, 0.717) is 0 Å². The van der Waals surface area contributed by atoms with Crippen LogP contribution in [0.15, 0.2) is 23.1 Å². The average molecular weight is 354 g/mol. The van der Waals surface area contributed by atoms with Gasteiger partial charge in [0.2, 0.25) is 10.0 Å². The molecular formula is C13H17Cl2NO4S. The first-order valence-electron chi connectivity index (χ1n) is 6.40. The minimum absolute atomic E-state index is 0.00372. The summed E-state index contributed by atoms with van der Waals surface area (Å²) in [5, 5.41) is 9.47. The van der Waals surface area contributed by atoms with Gasteiger partial charge in [-0.3, -0.25) is 0 Å². The number of morpholine rings is 1. The molecule has 8 heteroatoms. The van der Waals surface area contributed by atoms with Gasteiger partial charge >= 0.3 is 0 Å². The van der Waals surface area contributed by atoms with E-state index < -0.39 is 21.7 Å². The first-order valence-corrected chi connectivity index (χ1v) is 8.60. The van der Waals surface area contributed by atoms with Crippen LogP contribution >= 0.6 is 23.2 Å². The van der Waals surface area contributed by atoms with E-state index in [1.165, 1.54) is 22.5 Å². The normalized spacial score (nSPS) is 23.2. The van der Waals surface area contributed by atoms with Crippen molar-refractivity contribution < 1.29 is 18.3 Å². The van der Waals surface area contributed by atoms with Gasteiger partial charge in [0.25, 0.3) is 0 Å². The Balaban J connectivity index is 2.41. The fourth-order valence-electron chi connectivity index (χ4n) is 2.34. The fraction of sp³-hybridized carbons (Fsp3) is 0.538. The first kappa shape index (κ1) is 17.0. The summed E-state index contributed by atoms with van der Waals surface area (Å²) in [6.07, 6.45) is -0.568. The van der Waals surface area contributed by atoms with Crippen LogP contribution in [-0.4, -0.2) is 49.2 Å². The van der Waals surface area contributed by atoms with Crippen molar-refractivity contribution in [3.63, 3.8) is 0 Å². The lowest BCUT2D eigenvalue weighted by Gasteiger charge is -2.41. The van der Waals surface area contributed by atoms with Crippen LogP contribution < -0.4 is 0 Å². The summed E-state index contributed by atoms with van der Waals surface area (Å²) in [5.74, 6) is 0. The lowest BCUT2D eigenvalue weighted by atomic mass is 10.1. The second-order valence-corrected chi connectivity index (χ2v) is 8.22. The summed E-state index contributed by atoms with van der Waals surface area (Å²) >= 11 is 11.9. The molecule has 5 nitrogen and oxygen atoms in total. The highest BCUT2D eigenvalue weighted by atomic mass is 35.5. The molecule has 0 aliphatic carbocycles. The molecule has 21 heavy (non-hydrogen) atoms. The number of hydrogen-bond acceptors (Lipinski definition) is 4. The number of hydrogen-bond donors (Lipinski definition) is 1. The Morgan fingerprint density at radius 2 is 2.10 bits per heavy atom. The highest BCUT2D eigenvalue weighted by Gasteiger charge is 2.40. The molecule has 0 saturated carbocycles.